The van der Waals surface area contributed by atoms with Crippen LogP contribution in [0, 0.1) is 50.2 Å². The van der Waals surface area contributed by atoms with Crippen molar-refractivity contribution in [2.45, 2.75) is 125 Å². The molecular weight excluding hydrogens is 520 g/mol. The molecule has 42 heavy (non-hydrogen) atoms. The maximum absolute atomic E-state index is 13.5. The lowest BCUT2D eigenvalue weighted by molar-refractivity contribution is -0.225. The Morgan fingerprint density at radius 3 is 2.31 bits per heavy atom. The normalized spacial score (nSPS) is 45.4. The second-order valence-corrected chi connectivity index (χ2v) is 17.1. The summed E-state index contributed by atoms with van der Waals surface area (Å²) in [6, 6.07) is 10.6. The minimum Gasteiger partial charge on any atom is -0.468 e. The van der Waals surface area contributed by atoms with Crippen LogP contribution in [0.3, 0.4) is 0 Å². The van der Waals surface area contributed by atoms with Crippen LogP contribution >= 0.6 is 0 Å². The number of carbonyl (C=O) groups is 1. The quantitative estimate of drug-likeness (QED) is 0.288. The summed E-state index contributed by atoms with van der Waals surface area (Å²) in [5.41, 5.74) is 2.28. The molecule has 1 aromatic carbocycles. The van der Waals surface area contributed by atoms with Crippen molar-refractivity contribution in [2.75, 3.05) is 7.11 Å². The summed E-state index contributed by atoms with van der Waals surface area (Å²) in [7, 11) is 1.50. The molecule has 5 aliphatic rings. The highest BCUT2D eigenvalue weighted by Gasteiger charge is 2.71. The van der Waals surface area contributed by atoms with E-state index in [1.54, 1.807) is 0 Å². The maximum atomic E-state index is 13.5. The number of fused-ring (bicyclic) bond motifs is 7. The average molecular weight is 577 g/mol. The summed E-state index contributed by atoms with van der Waals surface area (Å²) in [5.74, 6) is 0.981. The lowest BCUT2D eigenvalue weighted by Gasteiger charge is -2.71. The first-order chi connectivity index (χ1) is 19.7. The van der Waals surface area contributed by atoms with E-state index in [2.05, 4.69) is 84.9 Å². The Hall–Kier alpha value is -1.65. The van der Waals surface area contributed by atoms with Crippen LogP contribution in [0.25, 0.3) is 0 Å². The number of allylic oxidation sites excluding steroid dienone is 2. The van der Waals surface area contributed by atoms with Crippen LogP contribution in [0.5, 0.6) is 0 Å². The molecule has 1 aromatic rings. The van der Waals surface area contributed by atoms with Crippen LogP contribution in [-0.4, -0.2) is 30.4 Å². The predicted molar refractivity (Wildman–Crippen MR) is 167 cm³/mol. The molecule has 4 heteroatoms. The Bertz CT molecular complexity index is 1230. The van der Waals surface area contributed by atoms with Crippen molar-refractivity contribution in [3.8, 4) is 0 Å². The molecular formula is C38H56O4. The largest absolute Gasteiger partial charge is 0.468 e. The summed E-state index contributed by atoms with van der Waals surface area (Å²) in [6.45, 7) is 17.9. The van der Waals surface area contributed by atoms with Crippen molar-refractivity contribution in [3.05, 3.63) is 47.5 Å². The van der Waals surface area contributed by atoms with Crippen molar-refractivity contribution in [3.63, 3.8) is 0 Å². The van der Waals surface area contributed by atoms with Crippen LogP contribution in [0.2, 0.25) is 0 Å². The molecule has 5 aliphatic carbocycles. The Morgan fingerprint density at radius 2 is 1.62 bits per heavy atom. The number of aliphatic hydroxyl groups is 1. The molecule has 0 spiro atoms. The van der Waals surface area contributed by atoms with Gasteiger partial charge in [-0.1, -0.05) is 90.4 Å². The number of hydrogen-bond acceptors (Lipinski definition) is 4. The third kappa shape index (κ3) is 4.09. The molecule has 9 atom stereocenters. The predicted octanol–water partition coefficient (Wildman–Crippen LogP) is 8.52. The third-order valence-electron chi connectivity index (χ3n) is 14.5. The number of esters is 1. The molecule has 4 fully saturated rings. The molecule has 6 rings (SSSR count). The van der Waals surface area contributed by atoms with Crippen molar-refractivity contribution >= 4 is 5.97 Å². The summed E-state index contributed by atoms with van der Waals surface area (Å²) < 4.78 is 12.2. The van der Waals surface area contributed by atoms with Gasteiger partial charge in [0.2, 0.25) is 0 Å². The Labute approximate surface area is 255 Å². The van der Waals surface area contributed by atoms with E-state index in [1.165, 1.54) is 31.1 Å². The first-order valence-electron chi connectivity index (χ1n) is 16.8. The molecule has 4 nitrogen and oxygen atoms in total. The van der Waals surface area contributed by atoms with Crippen molar-refractivity contribution in [1.29, 1.82) is 0 Å². The van der Waals surface area contributed by atoms with Crippen LogP contribution in [0.1, 0.15) is 112 Å². The Balaban J connectivity index is 1.34. The smallest absolute Gasteiger partial charge is 0.315 e. The number of hydrogen-bond donors (Lipinski definition) is 1. The van der Waals surface area contributed by atoms with Gasteiger partial charge in [0.25, 0.3) is 0 Å². The number of aliphatic hydroxyl groups excluding tert-OH is 1. The van der Waals surface area contributed by atoms with E-state index in [4.69, 9.17) is 9.47 Å². The molecule has 232 valence electrons. The number of ether oxygens (including phenoxy) is 2. The van der Waals surface area contributed by atoms with Gasteiger partial charge < -0.3 is 14.6 Å². The molecule has 0 saturated heterocycles. The Kier molecular flexibility index (Phi) is 7.18. The van der Waals surface area contributed by atoms with Gasteiger partial charge >= 0.3 is 5.97 Å². The molecule has 0 amide bonds. The minimum atomic E-state index is -0.809. The molecule has 4 saturated carbocycles. The van der Waals surface area contributed by atoms with Gasteiger partial charge in [0.1, 0.15) is 5.41 Å². The second kappa shape index (κ2) is 9.93. The molecule has 1 N–H and O–H groups in total. The zero-order chi connectivity index (χ0) is 30.3. The van der Waals surface area contributed by atoms with Gasteiger partial charge in [-0.05, 0) is 108 Å². The van der Waals surface area contributed by atoms with Crippen LogP contribution in [-0.2, 0) is 20.9 Å². The molecule has 0 unspecified atom stereocenters. The number of rotatable bonds is 4. The zero-order valence-corrected chi connectivity index (χ0v) is 27.6. The van der Waals surface area contributed by atoms with Gasteiger partial charge in [-0.3, -0.25) is 4.79 Å². The van der Waals surface area contributed by atoms with Gasteiger partial charge in [-0.15, -0.1) is 0 Å². The van der Waals surface area contributed by atoms with Crippen LogP contribution in [0.15, 0.2) is 42.0 Å². The van der Waals surface area contributed by atoms with Crippen molar-refractivity contribution < 1.29 is 19.4 Å². The highest BCUT2D eigenvalue weighted by molar-refractivity contribution is 5.79. The Morgan fingerprint density at radius 1 is 0.905 bits per heavy atom. The summed E-state index contributed by atoms with van der Waals surface area (Å²) in [5, 5.41) is 12.1. The maximum Gasteiger partial charge on any atom is 0.315 e. The summed E-state index contributed by atoms with van der Waals surface area (Å²) in [6.07, 6.45) is 11.1. The van der Waals surface area contributed by atoms with E-state index in [0.29, 0.717) is 31.3 Å². The fourth-order valence-corrected chi connectivity index (χ4v) is 11.9. The van der Waals surface area contributed by atoms with E-state index in [0.717, 1.165) is 32.1 Å². The SMILES string of the molecule is COC(=O)[C@]12CCC(C)(C)C[C@H]1C1=CC[C@@H]3[C@@]4(C)CC[C@H](OCc5ccccc5)C(C)(C)[C@@H]4CC[C@@]3(C)[C@]1(C)C[C@H]2O. The van der Waals surface area contributed by atoms with E-state index < -0.39 is 11.5 Å². The van der Waals surface area contributed by atoms with E-state index in [1.807, 2.05) is 0 Å². The molecule has 0 heterocycles. The van der Waals surface area contributed by atoms with Crippen molar-refractivity contribution in [1.82, 2.24) is 0 Å². The standard InChI is InChI=1S/C38H56O4/c1-33(2)20-21-38(32(40)41-8)27(22-33)26-14-15-29-35(5)18-17-31(42-24-25-12-10-9-11-13-25)34(3,4)28(35)16-19-36(29,6)37(26,7)23-30(38)39/h9-14,27-31,39H,15-24H2,1-8H3/t27-,28-,29+,30+,31-,35-,36+,37+,38+/m0/s1. The van der Waals surface area contributed by atoms with Gasteiger partial charge in [0, 0.05) is 0 Å². The molecule has 0 radical (unpaired) electrons. The lowest BCUT2D eigenvalue weighted by Crippen LogP contribution is -2.67. The highest BCUT2D eigenvalue weighted by Crippen LogP contribution is 2.76. The van der Waals surface area contributed by atoms with Gasteiger partial charge in [0.05, 0.1) is 25.9 Å². The lowest BCUT2D eigenvalue weighted by atomic mass is 9.33. The van der Waals surface area contributed by atoms with Gasteiger partial charge in [-0.2, -0.15) is 0 Å². The van der Waals surface area contributed by atoms with Crippen LogP contribution in [0.4, 0.5) is 0 Å². The minimum absolute atomic E-state index is 0.0457. The first kappa shape index (κ1) is 30.4. The molecule has 0 bridgehead atoms. The van der Waals surface area contributed by atoms with Gasteiger partial charge in [-0.25, -0.2) is 0 Å². The van der Waals surface area contributed by atoms with E-state index >= 15 is 0 Å². The number of methoxy groups -OCH3 is 1. The molecule has 0 aliphatic heterocycles. The van der Waals surface area contributed by atoms with Gasteiger partial charge in [0.15, 0.2) is 0 Å². The van der Waals surface area contributed by atoms with Crippen molar-refractivity contribution in [2.24, 2.45) is 50.2 Å². The fourth-order valence-electron chi connectivity index (χ4n) is 11.9. The second-order valence-electron chi connectivity index (χ2n) is 17.1. The highest BCUT2D eigenvalue weighted by atomic mass is 16.5. The fraction of sp³-hybridized carbons (Fsp3) is 0.763. The van der Waals surface area contributed by atoms with E-state index in [9.17, 15) is 9.90 Å². The number of carbonyl (C=O) groups excluding carboxylic acids is 1. The third-order valence-corrected chi connectivity index (χ3v) is 14.5. The monoisotopic (exact) mass is 576 g/mol. The van der Waals surface area contributed by atoms with Crippen LogP contribution < -0.4 is 0 Å². The summed E-state index contributed by atoms with van der Waals surface area (Å²) >= 11 is 0. The first-order valence-corrected chi connectivity index (χ1v) is 16.8. The average Bonchev–Trinajstić information content (AvgIpc) is 2.92. The topological polar surface area (TPSA) is 55.8 Å². The number of benzene rings is 1. The summed E-state index contributed by atoms with van der Waals surface area (Å²) in [4.78, 5) is 13.5. The zero-order valence-electron chi connectivity index (χ0n) is 27.6. The molecule has 0 aromatic heterocycles. The van der Waals surface area contributed by atoms with E-state index in [-0.39, 0.29) is 45.1 Å².